The van der Waals surface area contributed by atoms with Crippen molar-refractivity contribution in [2.24, 2.45) is 13.0 Å². The lowest BCUT2D eigenvalue weighted by atomic mass is 9.93. The highest BCUT2D eigenvalue weighted by atomic mass is 16.5. The third-order valence-corrected chi connectivity index (χ3v) is 5.26. The second-order valence-corrected chi connectivity index (χ2v) is 7.08. The van der Waals surface area contributed by atoms with E-state index in [0.717, 1.165) is 38.6 Å². The van der Waals surface area contributed by atoms with E-state index in [2.05, 4.69) is 17.2 Å². The summed E-state index contributed by atoms with van der Waals surface area (Å²) in [6.45, 7) is 4.20. The molecule has 25 heavy (non-hydrogen) atoms. The number of hydrogen-bond acceptors (Lipinski definition) is 5. The number of aromatic nitrogens is 2. The molecule has 138 valence electrons. The zero-order valence-corrected chi connectivity index (χ0v) is 15.1. The van der Waals surface area contributed by atoms with E-state index in [9.17, 15) is 9.59 Å². The van der Waals surface area contributed by atoms with Gasteiger partial charge in [-0.3, -0.25) is 9.59 Å². The second kappa shape index (κ2) is 7.99. The maximum absolute atomic E-state index is 12.6. The zero-order valence-electron chi connectivity index (χ0n) is 15.1. The van der Waals surface area contributed by atoms with Crippen molar-refractivity contribution in [2.45, 2.75) is 51.2 Å². The van der Waals surface area contributed by atoms with Gasteiger partial charge in [-0.25, -0.2) is 4.98 Å². The van der Waals surface area contributed by atoms with Crippen LogP contribution in [0, 0.1) is 5.92 Å². The van der Waals surface area contributed by atoms with Crippen LogP contribution in [-0.4, -0.2) is 47.3 Å². The van der Waals surface area contributed by atoms with Gasteiger partial charge in [-0.2, -0.15) is 0 Å². The molecule has 3 atom stereocenters. The van der Waals surface area contributed by atoms with Gasteiger partial charge in [0, 0.05) is 51.1 Å². The lowest BCUT2D eigenvalue weighted by Crippen LogP contribution is -2.51. The summed E-state index contributed by atoms with van der Waals surface area (Å²) in [6.07, 6.45) is 7.93. The summed E-state index contributed by atoms with van der Waals surface area (Å²) in [7, 11) is 1.73. The van der Waals surface area contributed by atoms with Crippen LogP contribution in [0.25, 0.3) is 0 Å². The first-order valence-corrected chi connectivity index (χ1v) is 9.27. The van der Waals surface area contributed by atoms with E-state index in [-0.39, 0.29) is 29.5 Å². The Balaban J connectivity index is 1.61. The fourth-order valence-corrected chi connectivity index (χ4v) is 3.71. The Hall–Kier alpha value is -1.89. The van der Waals surface area contributed by atoms with Crippen LogP contribution in [0.5, 0.6) is 0 Å². The molecule has 1 aromatic heterocycles. The molecule has 3 heterocycles. The molecular formula is C18H28N4O3. The Labute approximate surface area is 148 Å². The zero-order chi connectivity index (χ0) is 17.8. The molecule has 0 aromatic carbocycles. The first-order valence-electron chi connectivity index (χ1n) is 9.27. The smallest absolute Gasteiger partial charge is 0.293 e. The lowest BCUT2D eigenvalue weighted by Gasteiger charge is -2.35. The first-order chi connectivity index (χ1) is 12.1. The van der Waals surface area contributed by atoms with E-state index in [1.165, 1.54) is 4.57 Å². The summed E-state index contributed by atoms with van der Waals surface area (Å²) >= 11 is 0. The molecule has 2 aliphatic heterocycles. The molecule has 0 saturated carbocycles. The van der Waals surface area contributed by atoms with Crippen LogP contribution in [0.4, 0.5) is 5.82 Å². The minimum absolute atomic E-state index is 0.0387. The third-order valence-electron chi connectivity index (χ3n) is 5.26. The third kappa shape index (κ3) is 4.21. The number of aryl methyl sites for hydroxylation is 1. The molecule has 0 radical (unpaired) electrons. The number of rotatable bonds is 4. The fourth-order valence-electron chi connectivity index (χ4n) is 3.71. The van der Waals surface area contributed by atoms with Gasteiger partial charge < -0.3 is 19.5 Å². The van der Waals surface area contributed by atoms with Crippen molar-refractivity contribution >= 4 is 11.7 Å². The largest absolute Gasteiger partial charge is 0.378 e. The van der Waals surface area contributed by atoms with Crippen molar-refractivity contribution in [3.05, 3.63) is 22.7 Å². The van der Waals surface area contributed by atoms with Gasteiger partial charge in [0.1, 0.15) is 0 Å². The molecule has 3 rings (SSSR count). The molecular weight excluding hydrogens is 320 g/mol. The predicted molar refractivity (Wildman–Crippen MR) is 95.6 cm³/mol. The Bertz CT molecular complexity index is 660. The standard InChI is InChI=1S/C18H28N4O3/c1-3-15-11-13(6-10-25-15)17(23)20-14-5-4-8-22(12-14)16-18(24)21(2)9-7-19-16/h7,9,13-15H,3-6,8,10-12H2,1-2H3,(H,20,23)/t13-,14+,15-/m1/s1. The monoisotopic (exact) mass is 348 g/mol. The average molecular weight is 348 g/mol. The van der Waals surface area contributed by atoms with Crippen LogP contribution in [0.2, 0.25) is 0 Å². The molecule has 1 amide bonds. The van der Waals surface area contributed by atoms with Crippen molar-refractivity contribution in [2.75, 3.05) is 24.6 Å². The minimum Gasteiger partial charge on any atom is -0.378 e. The quantitative estimate of drug-likeness (QED) is 0.881. The maximum atomic E-state index is 12.6. The Morgan fingerprint density at radius 3 is 3.08 bits per heavy atom. The number of ether oxygens (including phenoxy) is 1. The number of carbonyl (C=O) groups is 1. The van der Waals surface area contributed by atoms with E-state index >= 15 is 0 Å². The van der Waals surface area contributed by atoms with Gasteiger partial charge in [-0.1, -0.05) is 6.92 Å². The Morgan fingerprint density at radius 2 is 2.28 bits per heavy atom. The molecule has 2 fully saturated rings. The van der Waals surface area contributed by atoms with Crippen LogP contribution in [-0.2, 0) is 16.6 Å². The van der Waals surface area contributed by atoms with Crippen molar-refractivity contribution in [1.29, 1.82) is 0 Å². The van der Waals surface area contributed by atoms with Gasteiger partial charge in [0.15, 0.2) is 5.82 Å². The normalized spacial score (nSPS) is 27.1. The highest BCUT2D eigenvalue weighted by Crippen LogP contribution is 2.23. The molecule has 1 aromatic rings. The minimum atomic E-state index is -0.0929. The molecule has 1 N–H and O–H groups in total. The SMILES string of the molecule is CC[C@@H]1C[C@H](C(=O)N[C@H]2CCCN(c3nccn(C)c3=O)C2)CCO1. The number of amides is 1. The van der Waals surface area contributed by atoms with E-state index in [4.69, 9.17) is 4.74 Å². The summed E-state index contributed by atoms with van der Waals surface area (Å²) in [6, 6.07) is 0.0656. The van der Waals surface area contributed by atoms with Crippen molar-refractivity contribution in [1.82, 2.24) is 14.9 Å². The summed E-state index contributed by atoms with van der Waals surface area (Å²) < 4.78 is 7.20. The lowest BCUT2D eigenvalue weighted by molar-refractivity contribution is -0.130. The molecule has 7 nitrogen and oxygen atoms in total. The number of nitrogens with zero attached hydrogens (tertiary/aromatic N) is 3. The maximum Gasteiger partial charge on any atom is 0.293 e. The van der Waals surface area contributed by atoms with Crippen LogP contribution in [0.15, 0.2) is 17.2 Å². The summed E-state index contributed by atoms with van der Waals surface area (Å²) in [4.78, 5) is 31.1. The summed E-state index contributed by atoms with van der Waals surface area (Å²) in [5.74, 6) is 0.639. The van der Waals surface area contributed by atoms with Gasteiger partial charge in [-0.05, 0) is 32.1 Å². The molecule has 0 aliphatic carbocycles. The van der Waals surface area contributed by atoms with Gasteiger partial charge in [-0.15, -0.1) is 0 Å². The highest BCUT2D eigenvalue weighted by molar-refractivity contribution is 5.79. The topological polar surface area (TPSA) is 76.5 Å². The number of anilines is 1. The second-order valence-electron chi connectivity index (χ2n) is 7.08. The van der Waals surface area contributed by atoms with Crippen LogP contribution >= 0.6 is 0 Å². The highest BCUT2D eigenvalue weighted by Gasteiger charge is 2.30. The molecule has 0 unspecified atom stereocenters. The average Bonchev–Trinajstić information content (AvgIpc) is 2.64. The van der Waals surface area contributed by atoms with Gasteiger partial charge in [0.25, 0.3) is 5.56 Å². The fraction of sp³-hybridized carbons (Fsp3) is 0.722. The molecule has 0 bridgehead atoms. The van der Waals surface area contributed by atoms with Gasteiger partial charge in [0.2, 0.25) is 5.91 Å². The predicted octanol–water partition coefficient (Wildman–Crippen LogP) is 1.07. The molecule has 0 spiro atoms. The van der Waals surface area contributed by atoms with Gasteiger partial charge in [0.05, 0.1) is 6.10 Å². The number of nitrogens with one attached hydrogen (secondary N) is 1. The van der Waals surface area contributed by atoms with E-state index < -0.39 is 0 Å². The van der Waals surface area contributed by atoms with Gasteiger partial charge >= 0.3 is 0 Å². The van der Waals surface area contributed by atoms with Crippen molar-refractivity contribution in [3.8, 4) is 0 Å². The molecule has 2 aliphatic rings. The number of carbonyl (C=O) groups excluding carboxylic acids is 1. The molecule has 7 heteroatoms. The van der Waals surface area contributed by atoms with Crippen molar-refractivity contribution in [3.63, 3.8) is 0 Å². The number of piperidine rings is 1. The summed E-state index contributed by atoms with van der Waals surface area (Å²) in [5.41, 5.74) is -0.0929. The van der Waals surface area contributed by atoms with E-state index in [1.807, 2.05) is 4.90 Å². The van der Waals surface area contributed by atoms with E-state index in [0.29, 0.717) is 19.0 Å². The Kier molecular flexibility index (Phi) is 5.73. The number of hydrogen-bond donors (Lipinski definition) is 1. The first kappa shape index (κ1) is 17.9. The van der Waals surface area contributed by atoms with Crippen molar-refractivity contribution < 1.29 is 9.53 Å². The molecule has 2 saturated heterocycles. The summed E-state index contributed by atoms with van der Waals surface area (Å²) in [5, 5.41) is 3.19. The van der Waals surface area contributed by atoms with Crippen LogP contribution in [0.3, 0.4) is 0 Å². The van der Waals surface area contributed by atoms with Crippen LogP contribution in [0.1, 0.15) is 39.0 Å². The Morgan fingerprint density at radius 1 is 1.44 bits per heavy atom. The van der Waals surface area contributed by atoms with E-state index in [1.54, 1.807) is 19.4 Å². The van der Waals surface area contributed by atoms with Crippen LogP contribution < -0.4 is 15.8 Å².